The van der Waals surface area contributed by atoms with Crippen LogP contribution in [0.15, 0.2) is 0 Å². The Kier molecular flexibility index (Phi) is 6.13. The number of rotatable bonds is 5. The van der Waals surface area contributed by atoms with Gasteiger partial charge in [0.1, 0.15) is 6.23 Å². The Morgan fingerprint density at radius 1 is 1.14 bits per heavy atom. The first-order chi connectivity index (χ1) is 13.5. The van der Waals surface area contributed by atoms with E-state index in [1.807, 2.05) is 0 Å². The van der Waals surface area contributed by atoms with Gasteiger partial charge in [-0.2, -0.15) is 0 Å². The van der Waals surface area contributed by atoms with Gasteiger partial charge in [0.25, 0.3) is 0 Å². The molecule has 0 aromatic rings. The van der Waals surface area contributed by atoms with E-state index in [1.54, 1.807) is 18.7 Å². The van der Waals surface area contributed by atoms with E-state index in [-0.39, 0.29) is 48.1 Å². The van der Waals surface area contributed by atoms with E-state index in [2.05, 4.69) is 16.0 Å². The second kappa shape index (κ2) is 8.59. The number of amides is 3. The van der Waals surface area contributed by atoms with Gasteiger partial charge in [-0.05, 0) is 57.1 Å². The number of thioether (sulfide) groups is 1. The first-order valence-corrected chi connectivity index (χ1v) is 11.4. The minimum atomic E-state index is -0.731. The molecule has 8 nitrogen and oxygen atoms in total. The lowest BCUT2D eigenvalue weighted by Crippen LogP contribution is -2.48. The summed E-state index contributed by atoms with van der Waals surface area (Å²) < 4.78 is 10.9. The zero-order valence-electron chi connectivity index (χ0n) is 16.1. The van der Waals surface area contributed by atoms with Gasteiger partial charge in [-0.25, -0.2) is 4.79 Å². The Hall–Kier alpha value is -1.32. The predicted octanol–water partition coefficient (Wildman–Crippen LogP) is 1.35. The van der Waals surface area contributed by atoms with E-state index in [0.29, 0.717) is 12.3 Å². The maximum atomic E-state index is 12.8. The third-order valence-electron chi connectivity index (χ3n) is 6.12. The van der Waals surface area contributed by atoms with Gasteiger partial charge in [-0.1, -0.05) is 0 Å². The van der Waals surface area contributed by atoms with E-state index < -0.39 is 12.0 Å². The Morgan fingerprint density at radius 2 is 1.96 bits per heavy atom. The molecule has 4 rings (SSSR count). The molecule has 3 amide bonds. The van der Waals surface area contributed by atoms with Crippen LogP contribution in [-0.4, -0.2) is 54.0 Å². The first kappa shape index (κ1) is 20.0. The summed E-state index contributed by atoms with van der Waals surface area (Å²) in [7, 11) is 0. The molecule has 0 bridgehead atoms. The lowest BCUT2D eigenvalue weighted by molar-refractivity contribution is -0.128. The molecule has 0 aromatic heterocycles. The van der Waals surface area contributed by atoms with Crippen molar-refractivity contribution in [2.75, 3.05) is 12.4 Å². The van der Waals surface area contributed by atoms with Crippen molar-refractivity contribution in [1.29, 1.82) is 0 Å². The Balaban J connectivity index is 1.28. The summed E-state index contributed by atoms with van der Waals surface area (Å²) in [5, 5.41) is 8.59. The fraction of sp³-hybridized carbons (Fsp3) is 0.842. The van der Waals surface area contributed by atoms with Crippen LogP contribution in [0.4, 0.5) is 4.79 Å². The summed E-state index contributed by atoms with van der Waals surface area (Å²) >= 11 is 1.56. The molecular weight excluding hydrogens is 382 g/mol. The third kappa shape index (κ3) is 4.46. The SMILES string of the molecule is CCOC(=O)NC(=O)C1CCSC1NC(=O)C1CCC2OC(C3CC3)NC2C1. The highest BCUT2D eigenvalue weighted by Gasteiger charge is 2.46. The van der Waals surface area contributed by atoms with E-state index >= 15 is 0 Å². The molecule has 156 valence electrons. The zero-order valence-corrected chi connectivity index (χ0v) is 17.0. The molecule has 4 aliphatic rings. The minimum absolute atomic E-state index is 0.00320. The second-order valence-corrected chi connectivity index (χ2v) is 9.37. The molecular formula is C19H29N3O5S. The van der Waals surface area contributed by atoms with Crippen molar-refractivity contribution in [2.24, 2.45) is 17.8 Å². The number of imide groups is 1. The molecule has 0 spiro atoms. The van der Waals surface area contributed by atoms with E-state index in [1.165, 1.54) is 12.8 Å². The largest absolute Gasteiger partial charge is 0.450 e. The average molecular weight is 412 g/mol. The van der Waals surface area contributed by atoms with Crippen LogP contribution in [0.2, 0.25) is 0 Å². The van der Waals surface area contributed by atoms with Crippen LogP contribution in [0.1, 0.15) is 45.4 Å². The Morgan fingerprint density at radius 3 is 2.71 bits per heavy atom. The lowest BCUT2D eigenvalue weighted by atomic mass is 9.83. The molecule has 4 fully saturated rings. The summed E-state index contributed by atoms with van der Waals surface area (Å²) in [5.41, 5.74) is 0. The highest BCUT2D eigenvalue weighted by Crippen LogP contribution is 2.40. The van der Waals surface area contributed by atoms with Gasteiger partial charge in [-0.3, -0.25) is 20.2 Å². The second-order valence-electron chi connectivity index (χ2n) is 8.12. The molecule has 6 atom stereocenters. The summed E-state index contributed by atoms with van der Waals surface area (Å²) in [4.78, 5) is 36.7. The van der Waals surface area contributed by atoms with Crippen LogP contribution in [0.25, 0.3) is 0 Å². The van der Waals surface area contributed by atoms with Gasteiger partial charge in [0.15, 0.2) is 0 Å². The number of carbonyl (C=O) groups excluding carboxylic acids is 3. The van der Waals surface area contributed by atoms with E-state index in [4.69, 9.17) is 9.47 Å². The zero-order chi connectivity index (χ0) is 19.7. The van der Waals surface area contributed by atoms with Crippen molar-refractivity contribution in [3.8, 4) is 0 Å². The smallest absolute Gasteiger partial charge is 0.413 e. The van der Waals surface area contributed by atoms with Gasteiger partial charge >= 0.3 is 6.09 Å². The number of carbonyl (C=O) groups is 3. The van der Waals surface area contributed by atoms with Crippen molar-refractivity contribution in [3.05, 3.63) is 0 Å². The monoisotopic (exact) mass is 411 g/mol. The Bertz CT molecular complexity index is 629. The number of hydrogen-bond donors (Lipinski definition) is 3. The molecule has 2 aliphatic carbocycles. The fourth-order valence-corrected chi connectivity index (χ4v) is 5.76. The van der Waals surface area contributed by atoms with Gasteiger partial charge in [0, 0.05) is 12.0 Å². The van der Waals surface area contributed by atoms with Gasteiger partial charge in [-0.15, -0.1) is 11.8 Å². The number of fused-ring (bicyclic) bond motifs is 1. The first-order valence-electron chi connectivity index (χ1n) is 10.4. The molecule has 2 heterocycles. The molecule has 28 heavy (non-hydrogen) atoms. The maximum Gasteiger partial charge on any atom is 0.413 e. The van der Waals surface area contributed by atoms with Crippen molar-refractivity contribution >= 4 is 29.7 Å². The quantitative estimate of drug-likeness (QED) is 0.627. The van der Waals surface area contributed by atoms with Crippen LogP contribution in [0, 0.1) is 17.8 Å². The van der Waals surface area contributed by atoms with Crippen molar-refractivity contribution < 1.29 is 23.9 Å². The van der Waals surface area contributed by atoms with Crippen LogP contribution >= 0.6 is 11.8 Å². The van der Waals surface area contributed by atoms with Crippen LogP contribution < -0.4 is 16.0 Å². The third-order valence-corrected chi connectivity index (χ3v) is 7.40. The predicted molar refractivity (Wildman–Crippen MR) is 103 cm³/mol. The molecule has 2 aliphatic heterocycles. The average Bonchev–Trinajstić information content (AvgIpc) is 3.26. The number of alkyl carbamates (subject to hydrolysis) is 1. The van der Waals surface area contributed by atoms with Gasteiger partial charge < -0.3 is 14.8 Å². The highest BCUT2D eigenvalue weighted by atomic mass is 32.2. The van der Waals surface area contributed by atoms with E-state index in [9.17, 15) is 14.4 Å². The number of ether oxygens (including phenoxy) is 2. The molecule has 0 radical (unpaired) electrons. The summed E-state index contributed by atoms with van der Waals surface area (Å²) in [5.74, 6) is 0.567. The molecule has 0 aromatic carbocycles. The number of nitrogens with one attached hydrogen (secondary N) is 3. The van der Waals surface area contributed by atoms with E-state index in [0.717, 1.165) is 25.0 Å². The highest BCUT2D eigenvalue weighted by molar-refractivity contribution is 8.00. The molecule has 2 saturated heterocycles. The van der Waals surface area contributed by atoms with Crippen molar-refractivity contribution in [1.82, 2.24) is 16.0 Å². The maximum absolute atomic E-state index is 12.8. The molecule has 9 heteroatoms. The van der Waals surface area contributed by atoms with Crippen LogP contribution in [0.3, 0.4) is 0 Å². The Labute approximate surface area is 169 Å². The minimum Gasteiger partial charge on any atom is -0.450 e. The number of hydrogen-bond acceptors (Lipinski definition) is 7. The van der Waals surface area contributed by atoms with Crippen LogP contribution in [0.5, 0.6) is 0 Å². The van der Waals surface area contributed by atoms with Crippen molar-refractivity contribution in [2.45, 2.75) is 69.2 Å². The van der Waals surface area contributed by atoms with Crippen molar-refractivity contribution in [3.63, 3.8) is 0 Å². The molecule has 6 unspecified atom stereocenters. The fourth-order valence-electron chi connectivity index (χ4n) is 4.42. The van der Waals surface area contributed by atoms with Gasteiger partial charge in [0.2, 0.25) is 11.8 Å². The standard InChI is InChI=1S/C19H29N3O5S/c1-2-26-19(25)22-16(24)12-7-8-28-18(12)21-15(23)11-5-6-14-13(9-11)20-17(27-14)10-3-4-10/h10-14,17-18,20H,2-9H2,1H3,(H,21,23)(H,22,24,25). The van der Waals surface area contributed by atoms with Gasteiger partial charge in [0.05, 0.1) is 24.0 Å². The summed E-state index contributed by atoms with van der Waals surface area (Å²) in [6.07, 6.45) is 5.23. The molecule has 2 saturated carbocycles. The van der Waals surface area contributed by atoms with Crippen LogP contribution in [-0.2, 0) is 19.1 Å². The summed E-state index contributed by atoms with van der Waals surface area (Å²) in [6.45, 7) is 1.90. The molecule has 3 N–H and O–H groups in total. The lowest BCUT2D eigenvalue weighted by Gasteiger charge is -2.30. The normalized spacial score (nSPS) is 37.2. The topological polar surface area (TPSA) is 106 Å². The summed E-state index contributed by atoms with van der Waals surface area (Å²) in [6, 6.07) is 0.245.